The molecule has 0 aromatic heterocycles. The fourth-order valence-electron chi connectivity index (χ4n) is 2.87. The third-order valence-corrected chi connectivity index (χ3v) is 3.61. The van der Waals surface area contributed by atoms with E-state index in [4.69, 9.17) is 0 Å². The van der Waals surface area contributed by atoms with Crippen LogP contribution in [0.2, 0.25) is 0 Å². The van der Waals surface area contributed by atoms with Crippen LogP contribution in [0.5, 0.6) is 0 Å². The van der Waals surface area contributed by atoms with Gasteiger partial charge in [-0.15, -0.1) is 0 Å². The summed E-state index contributed by atoms with van der Waals surface area (Å²) >= 11 is 0. The zero-order chi connectivity index (χ0) is 10.2. The van der Waals surface area contributed by atoms with Crippen molar-refractivity contribution < 1.29 is 0 Å². The van der Waals surface area contributed by atoms with E-state index in [0.717, 1.165) is 11.8 Å². The zero-order valence-corrected chi connectivity index (χ0v) is 10.0. The first-order valence-corrected chi connectivity index (χ1v) is 6.59. The Morgan fingerprint density at radius 2 is 1.79 bits per heavy atom. The highest BCUT2D eigenvalue weighted by atomic mass is 14.8. The first-order valence-electron chi connectivity index (χ1n) is 6.59. The summed E-state index contributed by atoms with van der Waals surface area (Å²) in [5.41, 5.74) is 0. The first kappa shape index (κ1) is 12.0. The van der Waals surface area contributed by atoms with Gasteiger partial charge in [-0.1, -0.05) is 39.5 Å². The molecule has 1 atom stereocenters. The van der Waals surface area contributed by atoms with Gasteiger partial charge in [-0.05, 0) is 44.2 Å². The maximum atomic E-state index is 3.52. The smallest absolute Gasteiger partial charge is 0.00462 e. The number of hydrogen-bond acceptors (Lipinski definition) is 1. The highest BCUT2D eigenvalue weighted by Crippen LogP contribution is 2.30. The molecule has 1 N–H and O–H groups in total. The van der Waals surface area contributed by atoms with Crippen molar-refractivity contribution in [3.63, 3.8) is 0 Å². The largest absolute Gasteiger partial charge is 0.317 e. The van der Waals surface area contributed by atoms with Crippen molar-refractivity contribution >= 4 is 0 Å². The average molecular weight is 197 g/mol. The van der Waals surface area contributed by atoms with Crippen molar-refractivity contribution in [2.45, 2.75) is 58.8 Å². The molecule has 84 valence electrons. The summed E-state index contributed by atoms with van der Waals surface area (Å²) in [6.07, 6.45) is 9.94. The summed E-state index contributed by atoms with van der Waals surface area (Å²) in [7, 11) is 0. The van der Waals surface area contributed by atoms with E-state index in [1.54, 1.807) is 0 Å². The van der Waals surface area contributed by atoms with E-state index in [1.807, 2.05) is 0 Å². The second kappa shape index (κ2) is 7.28. The second-order valence-electron chi connectivity index (χ2n) is 4.78. The highest BCUT2D eigenvalue weighted by Gasteiger charge is 2.20. The average Bonchev–Trinajstić information content (AvgIpc) is 2.45. The van der Waals surface area contributed by atoms with Crippen molar-refractivity contribution in [2.24, 2.45) is 11.8 Å². The minimum absolute atomic E-state index is 1.02. The molecule has 1 fully saturated rings. The summed E-state index contributed by atoms with van der Waals surface area (Å²) < 4.78 is 0. The van der Waals surface area contributed by atoms with Crippen LogP contribution in [-0.4, -0.2) is 13.1 Å². The molecule has 0 bridgehead atoms. The minimum Gasteiger partial charge on any atom is -0.317 e. The van der Waals surface area contributed by atoms with E-state index in [1.165, 1.54) is 58.0 Å². The molecule has 1 aliphatic rings. The molecule has 1 heterocycles. The molecule has 0 amide bonds. The molecule has 14 heavy (non-hydrogen) atoms. The number of rotatable bonds is 5. The predicted molar refractivity (Wildman–Crippen MR) is 63.5 cm³/mol. The maximum Gasteiger partial charge on any atom is -0.00462 e. The fraction of sp³-hybridized carbons (Fsp3) is 1.00. The molecule has 1 nitrogen and oxygen atoms in total. The van der Waals surface area contributed by atoms with Crippen LogP contribution < -0.4 is 5.32 Å². The molecular weight excluding hydrogens is 170 g/mol. The quantitative estimate of drug-likeness (QED) is 0.710. The van der Waals surface area contributed by atoms with Crippen LogP contribution in [0.4, 0.5) is 0 Å². The van der Waals surface area contributed by atoms with Crippen molar-refractivity contribution in [2.75, 3.05) is 13.1 Å². The van der Waals surface area contributed by atoms with E-state index < -0.39 is 0 Å². The molecule has 0 aliphatic carbocycles. The Hall–Kier alpha value is -0.0400. The molecule has 0 aromatic rings. The van der Waals surface area contributed by atoms with E-state index in [-0.39, 0.29) is 0 Å². The Bertz CT molecular complexity index is 119. The molecule has 1 aliphatic heterocycles. The van der Waals surface area contributed by atoms with Gasteiger partial charge in [0.2, 0.25) is 0 Å². The Morgan fingerprint density at radius 3 is 2.43 bits per heavy atom. The molecule has 1 rings (SSSR count). The lowest BCUT2D eigenvalue weighted by Crippen LogP contribution is -2.18. The van der Waals surface area contributed by atoms with Crippen LogP contribution in [0.25, 0.3) is 0 Å². The fourth-order valence-corrected chi connectivity index (χ4v) is 2.87. The molecule has 1 saturated heterocycles. The van der Waals surface area contributed by atoms with Crippen LogP contribution >= 0.6 is 0 Å². The van der Waals surface area contributed by atoms with Gasteiger partial charge in [0.25, 0.3) is 0 Å². The Balaban J connectivity index is 2.38. The maximum absolute atomic E-state index is 3.52. The summed E-state index contributed by atoms with van der Waals surface area (Å²) in [6, 6.07) is 0. The first-order chi connectivity index (χ1) is 6.88. The van der Waals surface area contributed by atoms with Crippen LogP contribution in [0.1, 0.15) is 58.8 Å². The number of nitrogens with one attached hydrogen (secondary N) is 1. The molecule has 0 saturated carbocycles. The van der Waals surface area contributed by atoms with Gasteiger partial charge < -0.3 is 5.32 Å². The van der Waals surface area contributed by atoms with Crippen LogP contribution in [0.3, 0.4) is 0 Å². The predicted octanol–water partition coefficient (Wildman–Crippen LogP) is 3.59. The normalized spacial score (nSPS) is 23.8. The van der Waals surface area contributed by atoms with Gasteiger partial charge in [-0.3, -0.25) is 0 Å². The summed E-state index contributed by atoms with van der Waals surface area (Å²) in [5, 5.41) is 3.52. The van der Waals surface area contributed by atoms with Crippen molar-refractivity contribution in [3.05, 3.63) is 0 Å². The van der Waals surface area contributed by atoms with Crippen molar-refractivity contribution in [1.82, 2.24) is 5.32 Å². The summed E-state index contributed by atoms with van der Waals surface area (Å²) in [5.74, 6) is 2.04. The molecular formula is C13H27N. The topological polar surface area (TPSA) is 12.0 Å². The molecule has 0 spiro atoms. The third kappa shape index (κ3) is 4.00. The summed E-state index contributed by atoms with van der Waals surface area (Å²) in [6.45, 7) is 7.17. The summed E-state index contributed by atoms with van der Waals surface area (Å²) in [4.78, 5) is 0. The molecule has 1 unspecified atom stereocenters. The van der Waals surface area contributed by atoms with Crippen molar-refractivity contribution in [3.8, 4) is 0 Å². The molecule has 0 radical (unpaired) electrons. The van der Waals surface area contributed by atoms with Crippen LogP contribution in [0.15, 0.2) is 0 Å². The monoisotopic (exact) mass is 197 g/mol. The molecule has 0 aromatic carbocycles. The molecule has 1 heteroatoms. The van der Waals surface area contributed by atoms with E-state index >= 15 is 0 Å². The van der Waals surface area contributed by atoms with Gasteiger partial charge in [0, 0.05) is 0 Å². The Labute approximate surface area is 89.7 Å². The van der Waals surface area contributed by atoms with Crippen LogP contribution in [-0.2, 0) is 0 Å². The zero-order valence-electron chi connectivity index (χ0n) is 10.0. The van der Waals surface area contributed by atoms with E-state index in [0.29, 0.717) is 0 Å². The van der Waals surface area contributed by atoms with Gasteiger partial charge in [0.1, 0.15) is 0 Å². The van der Waals surface area contributed by atoms with Crippen LogP contribution in [0, 0.1) is 11.8 Å². The lowest BCUT2D eigenvalue weighted by Gasteiger charge is -2.25. The van der Waals surface area contributed by atoms with Crippen molar-refractivity contribution in [1.29, 1.82) is 0 Å². The standard InChI is InChI=1S/C13H27N/c1-3-6-12(7-4-2)13-8-5-10-14-11-9-13/h12-14H,3-11H2,1-2H3. The van der Waals surface area contributed by atoms with Gasteiger partial charge in [0.15, 0.2) is 0 Å². The highest BCUT2D eigenvalue weighted by molar-refractivity contribution is 4.74. The van der Waals surface area contributed by atoms with E-state index in [2.05, 4.69) is 19.2 Å². The number of hydrogen-bond donors (Lipinski definition) is 1. The Kier molecular flexibility index (Phi) is 6.25. The van der Waals surface area contributed by atoms with E-state index in [9.17, 15) is 0 Å². The lowest BCUT2D eigenvalue weighted by atomic mass is 9.81. The van der Waals surface area contributed by atoms with Gasteiger partial charge in [0.05, 0.1) is 0 Å². The Morgan fingerprint density at radius 1 is 1.07 bits per heavy atom. The van der Waals surface area contributed by atoms with Gasteiger partial charge >= 0.3 is 0 Å². The minimum atomic E-state index is 1.02. The van der Waals surface area contributed by atoms with Gasteiger partial charge in [-0.25, -0.2) is 0 Å². The third-order valence-electron chi connectivity index (χ3n) is 3.61. The van der Waals surface area contributed by atoms with Gasteiger partial charge in [-0.2, -0.15) is 0 Å². The lowest BCUT2D eigenvalue weighted by molar-refractivity contribution is 0.266. The SMILES string of the molecule is CCCC(CCC)C1CCCNCC1. The second-order valence-corrected chi connectivity index (χ2v) is 4.78.